The summed E-state index contributed by atoms with van der Waals surface area (Å²) in [5, 5.41) is 0.261. The molecule has 2 heterocycles. The van der Waals surface area contributed by atoms with Gasteiger partial charge >= 0.3 is 5.16 Å². The van der Waals surface area contributed by atoms with Crippen LogP contribution in [0.4, 0.5) is 4.39 Å². The Labute approximate surface area is 134 Å². The van der Waals surface area contributed by atoms with Gasteiger partial charge < -0.3 is 14.0 Å². The van der Waals surface area contributed by atoms with Crippen molar-refractivity contribution in [3.8, 4) is 11.5 Å². The molecule has 0 spiro atoms. The van der Waals surface area contributed by atoms with Crippen LogP contribution in [-0.2, 0) is 16.9 Å². The molecule has 1 N–H and O–H groups in total. The van der Waals surface area contributed by atoms with Gasteiger partial charge in [0.2, 0.25) is 0 Å². The van der Waals surface area contributed by atoms with Crippen LogP contribution in [0.3, 0.4) is 0 Å². The van der Waals surface area contributed by atoms with Gasteiger partial charge in [-0.05, 0) is 12.1 Å². The summed E-state index contributed by atoms with van der Waals surface area (Å²) in [6, 6.07) is 5.83. The predicted octanol–water partition coefficient (Wildman–Crippen LogP) is 2.42. The maximum absolute atomic E-state index is 13.2. The number of aromatic nitrogens is 3. The highest BCUT2D eigenvalue weighted by molar-refractivity contribution is 7.90. The van der Waals surface area contributed by atoms with E-state index in [-0.39, 0.29) is 10.9 Å². The standard InChI is InChI=1S/C15H14FN3O3S/c1-21-13-5-6-17-12(14(13)22-2)8-23(20)15-18-10-4-3-9(16)7-11(10)19-15/h3-7H,8H2,1-2H3,(H,18,19). The lowest BCUT2D eigenvalue weighted by atomic mass is 10.3. The zero-order valence-corrected chi connectivity index (χ0v) is 13.3. The normalized spacial score (nSPS) is 12.3. The van der Waals surface area contributed by atoms with Crippen molar-refractivity contribution in [3.63, 3.8) is 0 Å². The van der Waals surface area contributed by atoms with E-state index in [2.05, 4.69) is 15.0 Å². The molecule has 0 saturated carbocycles. The molecule has 3 aromatic rings. The van der Waals surface area contributed by atoms with Crippen molar-refractivity contribution in [2.45, 2.75) is 10.9 Å². The molecule has 0 aliphatic carbocycles. The van der Waals surface area contributed by atoms with Crippen molar-refractivity contribution in [2.75, 3.05) is 14.2 Å². The maximum Gasteiger partial charge on any atom is 0.322 e. The number of ether oxygens (including phenoxy) is 2. The molecular formula is C15H14FN3O3S. The summed E-state index contributed by atoms with van der Waals surface area (Å²) in [6.45, 7) is 0. The minimum Gasteiger partial charge on any atom is -0.609 e. The lowest BCUT2D eigenvalue weighted by Crippen LogP contribution is -2.10. The number of fused-ring (bicyclic) bond motifs is 1. The monoisotopic (exact) mass is 335 g/mol. The summed E-state index contributed by atoms with van der Waals surface area (Å²) in [6.07, 6.45) is 1.56. The molecule has 0 aliphatic heterocycles. The van der Waals surface area contributed by atoms with Crippen LogP contribution in [-0.4, -0.2) is 33.7 Å². The number of nitrogens with zero attached hydrogens (tertiary/aromatic N) is 2. The number of rotatable bonds is 5. The van der Waals surface area contributed by atoms with Gasteiger partial charge in [0, 0.05) is 29.5 Å². The van der Waals surface area contributed by atoms with Crippen LogP contribution in [0.1, 0.15) is 5.69 Å². The van der Waals surface area contributed by atoms with Crippen molar-refractivity contribution in [1.82, 2.24) is 15.0 Å². The Morgan fingerprint density at radius 1 is 1.26 bits per heavy atom. The zero-order chi connectivity index (χ0) is 16.4. The number of hydrogen-bond donors (Lipinski definition) is 1. The molecule has 1 unspecified atom stereocenters. The van der Waals surface area contributed by atoms with Gasteiger partial charge in [-0.1, -0.05) is 0 Å². The molecule has 1 aromatic carbocycles. The fourth-order valence-electron chi connectivity index (χ4n) is 2.21. The Balaban J connectivity index is 1.90. The largest absolute Gasteiger partial charge is 0.609 e. The van der Waals surface area contributed by atoms with E-state index in [4.69, 9.17) is 9.47 Å². The Bertz CT molecular complexity index is 840. The summed E-state index contributed by atoms with van der Waals surface area (Å²) in [7, 11) is 3.02. The second-order valence-electron chi connectivity index (χ2n) is 4.69. The molecule has 8 heteroatoms. The fraction of sp³-hybridized carbons (Fsp3) is 0.200. The number of nitrogens with one attached hydrogen (secondary N) is 1. The molecule has 120 valence electrons. The molecule has 0 fully saturated rings. The first kappa shape index (κ1) is 15.6. The number of hydrogen-bond acceptors (Lipinski definition) is 5. The van der Waals surface area contributed by atoms with Crippen molar-refractivity contribution in [2.24, 2.45) is 0 Å². The number of halogens is 1. The second-order valence-corrected chi connectivity index (χ2v) is 6.05. The topological polar surface area (TPSA) is 83.1 Å². The number of benzene rings is 1. The molecule has 0 amide bonds. The van der Waals surface area contributed by atoms with Crippen molar-refractivity contribution < 1.29 is 18.4 Å². The Morgan fingerprint density at radius 3 is 2.83 bits per heavy atom. The molecular weight excluding hydrogens is 321 g/mol. The number of imidazole rings is 1. The second kappa shape index (κ2) is 6.43. The highest BCUT2D eigenvalue weighted by Crippen LogP contribution is 2.31. The fourth-order valence-corrected chi connectivity index (χ4v) is 3.22. The van der Waals surface area contributed by atoms with E-state index in [9.17, 15) is 8.94 Å². The van der Waals surface area contributed by atoms with Crippen molar-refractivity contribution in [1.29, 1.82) is 0 Å². The minimum atomic E-state index is -1.48. The van der Waals surface area contributed by atoms with Gasteiger partial charge in [-0.2, -0.15) is 4.98 Å². The highest BCUT2D eigenvalue weighted by atomic mass is 32.2. The summed E-state index contributed by atoms with van der Waals surface area (Å²) < 4.78 is 36.2. The first-order valence-corrected chi connectivity index (χ1v) is 8.03. The van der Waals surface area contributed by atoms with Gasteiger partial charge in [-0.15, -0.1) is 0 Å². The number of aromatic amines is 1. The SMILES string of the molecule is COc1ccnc(C[S+]([O-])c2nc3cc(F)ccc3[nH]2)c1OC. The van der Waals surface area contributed by atoms with Gasteiger partial charge in [0.1, 0.15) is 11.5 Å². The van der Waals surface area contributed by atoms with Crippen LogP contribution in [0, 0.1) is 5.82 Å². The number of pyridine rings is 1. The average molecular weight is 335 g/mol. The van der Waals surface area contributed by atoms with Crippen LogP contribution >= 0.6 is 0 Å². The lowest BCUT2D eigenvalue weighted by Gasteiger charge is -2.12. The molecule has 6 nitrogen and oxygen atoms in total. The van der Waals surface area contributed by atoms with Crippen LogP contribution in [0.15, 0.2) is 35.6 Å². The lowest BCUT2D eigenvalue weighted by molar-refractivity contribution is 0.350. The Morgan fingerprint density at radius 2 is 2.09 bits per heavy atom. The van der Waals surface area contributed by atoms with Gasteiger partial charge in [-0.25, -0.2) is 4.39 Å². The van der Waals surface area contributed by atoms with Gasteiger partial charge in [0.15, 0.2) is 17.3 Å². The third-order valence-electron chi connectivity index (χ3n) is 3.27. The van der Waals surface area contributed by atoms with E-state index in [1.807, 2.05) is 0 Å². The van der Waals surface area contributed by atoms with E-state index in [1.54, 1.807) is 18.3 Å². The molecule has 0 bridgehead atoms. The summed E-state index contributed by atoms with van der Waals surface area (Å²) in [4.78, 5) is 11.3. The highest BCUT2D eigenvalue weighted by Gasteiger charge is 2.22. The van der Waals surface area contributed by atoms with Crippen LogP contribution in [0.5, 0.6) is 11.5 Å². The van der Waals surface area contributed by atoms with E-state index in [1.165, 1.54) is 26.4 Å². The van der Waals surface area contributed by atoms with Crippen molar-refractivity contribution in [3.05, 3.63) is 42.0 Å². The predicted molar refractivity (Wildman–Crippen MR) is 83.5 cm³/mol. The molecule has 0 aliphatic rings. The number of methoxy groups -OCH3 is 2. The summed E-state index contributed by atoms with van der Waals surface area (Å²) >= 11 is -1.48. The van der Waals surface area contributed by atoms with Gasteiger partial charge in [0.05, 0.1) is 25.3 Å². The Hall–Kier alpha value is -2.32. The third-order valence-corrected chi connectivity index (χ3v) is 4.43. The quantitative estimate of drug-likeness (QED) is 0.724. The molecule has 3 rings (SSSR count). The van der Waals surface area contributed by atoms with E-state index in [0.717, 1.165) is 0 Å². The molecule has 0 saturated heterocycles. The maximum atomic E-state index is 13.2. The zero-order valence-electron chi connectivity index (χ0n) is 12.5. The van der Waals surface area contributed by atoms with Crippen LogP contribution in [0.25, 0.3) is 11.0 Å². The van der Waals surface area contributed by atoms with E-state index >= 15 is 0 Å². The van der Waals surface area contributed by atoms with Gasteiger partial charge in [-0.3, -0.25) is 9.97 Å². The van der Waals surface area contributed by atoms with Crippen LogP contribution < -0.4 is 9.47 Å². The molecule has 1 atom stereocenters. The average Bonchev–Trinajstić information content (AvgIpc) is 2.97. The smallest absolute Gasteiger partial charge is 0.322 e. The first-order valence-electron chi connectivity index (χ1n) is 6.72. The van der Waals surface area contributed by atoms with E-state index < -0.39 is 17.0 Å². The molecule has 23 heavy (non-hydrogen) atoms. The Kier molecular flexibility index (Phi) is 4.35. The van der Waals surface area contributed by atoms with Crippen LogP contribution in [0.2, 0.25) is 0 Å². The number of H-pyrrole nitrogens is 1. The molecule has 0 radical (unpaired) electrons. The first-order chi connectivity index (χ1) is 11.1. The minimum absolute atomic E-state index is 0.0999. The molecule has 2 aromatic heterocycles. The van der Waals surface area contributed by atoms with Crippen molar-refractivity contribution >= 4 is 22.2 Å². The third kappa shape index (κ3) is 3.08. The van der Waals surface area contributed by atoms with E-state index in [0.29, 0.717) is 28.2 Å². The summed E-state index contributed by atoms with van der Waals surface area (Å²) in [5.41, 5.74) is 1.55. The summed E-state index contributed by atoms with van der Waals surface area (Å²) in [5.74, 6) is 0.659. The van der Waals surface area contributed by atoms with Gasteiger partial charge in [0.25, 0.3) is 0 Å².